The second-order valence-corrected chi connectivity index (χ2v) is 10.4. The van der Waals surface area contributed by atoms with E-state index in [1.807, 2.05) is 55.7 Å². The lowest BCUT2D eigenvalue weighted by Gasteiger charge is -2.30. The molecule has 1 fully saturated rings. The third-order valence-corrected chi connectivity index (χ3v) is 7.09. The van der Waals surface area contributed by atoms with Gasteiger partial charge in [0.05, 0.1) is 28.2 Å². The number of nitrogens with one attached hydrogen (secondary N) is 1. The molecule has 0 aliphatic carbocycles. The van der Waals surface area contributed by atoms with Crippen molar-refractivity contribution in [2.24, 2.45) is 11.0 Å². The molecule has 11 heteroatoms. The lowest BCUT2D eigenvalue weighted by Crippen LogP contribution is -2.51. The zero-order valence-corrected chi connectivity index (χ0v) is 21.6. The number of likely N-dealkylation sites (tertiary alicyclic amines) is 1. The number of hydrogen-bond acceptors (Lipinski definition) is 7. The van der Waals surface area contributed by atoms with Crippen molar-refractivity contribution in [3.8, 4) is 10.4 Å². The summed E-state index contributed by atoms with van der Waals surface area (Å²) in [7, 11) is 3.85. The number of rotatable bonds is 9. The molecule has 0 radical (unpaired) electrons. The van der Waals surface area contributed by atoms with Crippen LogP contribution in [0.3, 0.4) is 0 Å². The van der Waals surface area contributed by atoms with Crippen LogP contribution >= 0.6 is 11.3 Å². The van der Waals surface area contributed by atoms with Gasteiger partial charge in [0.2, 0.25) is 11.8 Å². The summed E-state index contributed by atoms with van der Waals surface area (Å²) >= 11 is 1.59. The molecule has 2 heterocycles. The number of amides is 2. The molecule has 1 saturated heterocycles. The minimum Gasteiger partial charge on any atom is -0.391 e. The number of likely N-dealkylation sites (N-methyl/N-ethyl adjacent to an activating group) is 1. The maximum absolute atomic E-state index is 13.4. The van der Waals surface area contributed by atoms with Gasteiger partial charge in [0, 0.05) is 24.4 Å². The number of benzene rings is 1. The molecular weight excluding hydrogens is 466 g/mol. The van der Waals surface area contributed by atoms with E-state index in [0.29, 0.717) is 6.54 Å². The number of hydrogen-bond donors (Lipinski definition) is 2. The number of nitrogens with zero attached hydrogens (tertiary/aromatic N) is 6. The van der Waals surface area contributed by atoms with Crippen LogP contribution in [0.25, 0.3) is 20.9 Å². The predicted molar refractivity (Wildman–Crippen MR) is 136 cm³/mol. The van der Waals surface area contributed by atoms with E-state index in [-0.39, 0.29) is 30.8 Å². The van der Waals surface area contributed by atoms with Crippen molar-refractivity contribution in [3.63, 3.8) is 0 Å². The van der Waals surface area contributed by atoms with Gasteiger partial charge >= 0.3 is 0 Å². The summed E-state index contributed by atoms with van der Waals surface area (Å²) in [4.78, 5) is 38.0. The molecule has 0 unspecified atom stereocenters. The largest absolute Gasteiger partial charge is 0.391 e. The molecule has 2 amide bonds. The third kappa shape index (κ3) is 6.37. The Labute approximate surface area is 209 Å². The highest BCUT2D eigenvalue weighted by Gasteiger charge is 2.42. The third-order valence-electron chi connectivity index (χ3n) is 6.11. The Morgan fingerprint density at radius 1 is 1.34 bits per heavy atom. The van der Waals surface area contributed by atoms with Gasteiger partial charge in [-0.3, -0.25) is 9.59 Å². The van der Waals surface area contributed by atoms with Crippen molar-refractivity contribution in [2.45, 2.75) is 51.4 Å². The van der Waals surface area contributed by atoms with Crippen LogP contribution < -0.4 is 5.32 Å². The summed E-state index contributed by atoms with van der Waals surface area (Å²) in [5.74, 6) is -1.02. The first-order chi connectivity index (χ1) is 16.6. The molecule has 2 N–H and O–H groups in total. The standard InChI is InChI=1S/C24H33N7O3S/c1-14(2)21(28-29-25)24(34)31-11-18(32)10-20(31)23(33)27-19(12-30(4)5)16-6-8-17(9-7-16)22-15(3)26-13-35-22/h6-9,13-14,18-21,32H,10-12H2,1-5H3,(H,27,33)/t18-,19+,20+,21+/m1/s1. The van der Waals surface area contributed by atoms with Gasteiger partial charge in [-0.15, -0.1) is 11.3 Å². The molecule has 3 rings (SSSR count). The number of β-amino-alcohol motifs (C(OH)–C–C–N with tert-alkyl or cyclic N) is 1. The molecule has 1 aliphatic rings. The van der Waals surface area contributed by atoms with Crippen molar-refractivity contribution >= 4 is 23.2 Å². The van der Waals surface area contributed by atoms with Crippen LogP contribution in [-0.2, 0) is 9.59 Å². The number of aliphatic hydroxyl groups is 1. The second-order valence-electron chi connectivity index (χ2n) is 9.50. The molecule has 1 aromatic heterocycles. The summed E-state index contributed by atoms with van der Waals surface area (Å²) in [5, 5.41) is 17.0. The monoisotopic (exact) mass is 499 g/mol. The lowest BCUT2D eigenvalue weighted by atomic mass is 10.0. The average Bonchev–Trinajstić information content (AvgIpc) is 3.41. The first kappa shape index (κ1) is 26.6. The van der Waals surface area contributed by atoms with E-state index in [4.69, 9.17) is 5.53 Å². The normalized spacial score (nSPS) is 19.5. The van der Waals surface area contributed by atoms with Gasteiger partial charge in [-0.2, -0.15) is 0 Å². The Hall–Kier alpha value is -2.98. The fraction of sp³-hybridized carbons (Fsp3) is 0.542. The Kier molecular flexibility index (Phi) is 8.85. The molecule has 10 nitrogen and oxygen atoms in total. The Bertz CT molecular complexity index is 1080. The molecule has 2 aromatic rings. The lowest BCUT2D eigenvalue weighted by molar-refractivity contribution is -0.140. The fourth-order valence-corrected chi connectivity index (χ4v) is 5.12. The molecule has 0 bridgehead atoms. The van der Waals surface area contributed by atoms with E-state index in [0.717, 1.165) is 21.7 Å². The quantitative estimate of drug-likeness (QED) is 0.310. The Morgan fingerprint density at radius 2 is 2.03 bits per heavy atom. The van der Waals surface area contributed by atoms with Crippen LogP contribution in [0.15, 0.2) is 34.9 Å². The smallest absolute Gasteiger partial charge is 0.243 e. The van der Waals surface area contributed by atoms with Gasteiger partial charge in [0.15, 0.2) is 0 Å². The predicted octanol–water partition coefficient (Wildman–Crippen LogP) is 3.13. The molecule has 188 valence electrons. The van der Waals surface area contributed by atoms with Crippen LogP contribution in [0.1, 0.15) is 37.6 Å². The highest BCUT2D eigenvalue weighted by molar-refractivity contribution is 7.13. The van der Waals surface area contributed by atoms with Gasteiger partial charge in [-0.25, -0.2) is 4.98 Å². The fourth-order valence-electron chi connectivity index (χ4n) is 4.31. The number of aliphatic hydroxyl groups excluding tert-OH is 1. The van der Waals surface area contributed by atoms with E-state index in [1.54, 1.807) is 25.2 Å². The summed E-state index contributed by atoms with van der Waals surface area (Å²) in [5.41, 5.74) is 13.7. The maximum Gasteiger partial charge on any atom is 0.243 e. The molecule has 1 aliphatic heterocycles. The van der Waals surface area contributed by atoms with E-state index in [1.165, 1.54) is 4.90 Å². The van der Waals surface area contributed by atoms with Gasteiger partial charge < -0.3 is 20.2 Å². The second kappa shape index (κ2) is 11.6. The van der Waals surface area contributed by atoms with Crippen LogP contribution in [0, 0.1) is 12.8 Å². The summed E-state index contributed by atoms with van der Waals surface area (Å²) in [6.45, 7) is 6.12. The number of azide groups is 1. The number of aryl methyl sites for hydroxylation is 1. The van der Waals surface area contributed by atoms with E-state index in [9.17, 15) is 14.7 Å². The van der Waals surface area contributed by atoms with Gasteiger partial charge in [-0.05, 0) is 43.6 Å². The van der Waals surface area contributed by atoms with Crippen molar-refractivity contribution in [1.82, 2.24) is 20.1 Å². The molecular formula is C24H33N7O3S. The van der Waals surface area contributed by atoms with Crippen LogP contribution in [0.2, 0.25) is 0 Å². The molecule has 35 heavy (non-hydrogen) atoms. The average molecular weight is 500 g/mol. The minimum atomic E-state index is -0.930. The molecule has 0 spiro atoms. The minimum absolute atomic E-state index is 0.0301. The maximum atomic E-state index is 13.4. The molecule has 0 saturated carbocycles. The summed E-state index contributed by atoms with van der Waals surface area (Å²) < 4.78 is 0. The zero-order chi connectivity index (χ0) is 25.7. The number of aromatic nitrogens is 1. The first-order valence-electron chi connectivity index (χ1n) is 11.6. The number of carbonyl (C=O) groups excluding carboxylic acids is 2. The van der Waals surface area contributed by atoms with E-state index >= 15 is 0 Å². The number of carbonyl (C=O) groups is 2. The van der Waals surface area contributed by atoms with E-state index < -0.39 is 24.1 Å². The van der Waals surface area contributed by atoms with Crippen LogP contribution in [0.5, 0.6) is 0 Å². The topological polar surface area (TPSA) is 135 Å². The van der Waals surface area contributed by atoms with Crippen molar-refractivity contribution < 1.29 is 14.7 Å². The summed E-state index contributed by atoms with van der Waals surface area (Å²) in [6, 6.07) is 5.94. The molecule has 1 aromatic carbocycles. The summed E-state index contributed by atoms with van der Waals surface area (Å²) in [6.07, 6.45) is -0.681. The SMILES string of the molecule is Cc1ncsc1-c1ccc([C@H](CN(C)C)NC(=O)[C@@H]2C[C@@H](O)CN2C(=O)[C@@H](N=[N+]=[N-])C(C)C)cc1. The van der Waals surface area contributed by atoms with Crippen molar-refractivity contribution in [1.29, 1.82) is 0 Å². The highest BCUT2D eigenvalue weighted by Crippen LogP contribution is 2.29. The zero-order valence-electron chi connectivity index (χ0n) is 20.8. The van der Waals surface area contributed by atoms with Gasteiger partial charge in [-0.1, -0.05) is 43.2 Å². The van der Waals surface area contributed by atoms with Crippen LogP contribution in [0.4, 0.5) is 0 Å². The Balaban J connectivity index is 1.81. The Morgan fingerprint density at radius 3 is 2.57 bits per heavy atom. The highest BCUT2D eigenvalue weighted by atomic mass is 32.1. The van der Waals surface area contributed by atoms with Crippen molar-refractivity contribution in [3.05, 3.63) is 51.5 Å². The van der Waals surface area contributed by atoms with Gasteiger partial charge in [0.25, 0.3) is 0 Å². The van der Waals surface area contributed by atoms with E-state index in [2.05, 4.69) is 20.3 Å². The number of thiazole rings is 1. The van der Waals surface area contributed by atoms with Crippen LogP contribution in [-0.4, -0.2) is 77.1 Å². The van der Waals surface area contributed by atoms with Gasteiger partial charge in [0.1, 0.15) is 12.1 Å². The van der Waals surface area contributed by atoms with Crippen molar-refractivity contribution in [2.75, 3.05) is 27.2 Å². The first-order valence-corrected chi connectivity index (χ1v) is 12.5. The molecule has 4 atom stereocenters.